The standard InChI is InChI=1S/C59H97N5O30/c1-5-6-7-8-9-10-11-12-13-17-82-32-16-14-15-31(18-32)54(81)64-43-47(77)45(75)36(24-68)88-57(43)92-51-37(25-69)89-55(42(60)46(51)76)86-34(22-66)33(21-65)85-41(20-62-29(3)72)91-52-38(26-70)90-56(44(48(52)78)63-30(4)73)87-35(23-67)39(84-40(74)19-61-28(2)71)27-83-58-50(80)49(79)53-59(93-53)94-58/h10-11,14-16,18,33-53,55-59,65-70,74-80H,5-9,12-13,17,19-27,60H2,1-4H3,(H,61,71)(H,62,72)(H,63,73)(H,64,81)/b11-10-/t33?,34-,35-,36?,37?,38?,39?,40+,41-,42?,43?,44?,45+,46?,47?,48?,49?,50?,51+,52+,53-,55+,56+,57-,58+,59?/m0/s1. The minimum absolute atomic E-state index is 0.0760. The molecule has 1 aromatic carbocycles. The summed E-state index contributed by atoms with van der Waals surface area (Å²) in [7, 11) is 0. The summed E-state index contributed by atoms with van der Waals surface area (Å²) in [5.41, 5.74) is 6.56. The van der Waals surface area contributed by atoms with Crippen molar-refractivity contribution in [3.63, 3.8) is 0 Å². The Morgan fingerprint density at radius 3 is 1.86 bits per heavy atom. The molecular formula is C59H97N5O30. The van der Waals surface area contributed by atoms with Gasteiger partial charge in [-0.05, 0) is 43.9 Å². The number of unbranched alkanes of at least 4 members (excludes halogenated alkanes) is 5. The van der Waals surface area contributed by atoms with Gasteiger partial charge in [0, 0.05) is 26.3 Å². The summed E-state index contributed by atoms with van der Waals surface area (Å²) in [6.07, 6.45) is -26.1. The van der Waals surface area contributed by atoms with E-state index in [-0.39, 0.29) is 5.56 Å². The Hall–Kier alpha value is -4.40. The molecule has 1 aromatic rings. The van der Waals surface area contributed by atoms with Crippen molar-refractivity contribution in [3.8, 4) is 5.75 Å². The van der Waals surface area contributed by atoms with Gasteiger partial charge in [-0.3, -0.25) is 19.2 Å². The van der Waals surface area contributed by atoms with Crippen LogP contribution in [0, 0.1) is 0 Å². The number of epoxide rings is 1. The molecule has 94 heavy (non-hydrogen) atoms. The van der Waals surface area contributed by atoms with Crippen LogP contribution in [0.15, 0.2) is 36.4 Å². The Kier molecular flexibility index (Phi) is 32.8. The number of nitrogens with one attached hydrogen (secondary N) is 4. The molecule has 14 unspecified atom stereocenters. The maximum atomic E-state index is 13.8. The van der Waals surface area contributed by atoms with Gasteiger partial charge in [-0.25, -0.2) is 0 Å². The predicted molar refractivity (Wildman–Crippen MR) is 316 cm³/mol. The third-order valence-electron chi connectivity index (χ3n) is 16.0. The van der Waals surface area contributed by atoms with Gasteiger partial charge in [-0.2, -0.15) is 0 Å². The molecule has 4 amide bonds. The summed E-state index contributed by atoms with van der Waals surface area (Å²) < 4.78 is 76.1. The van der Waals surface area contributed by atoms with Gasteiger partial charge in [-0.15, -0.1) is 0 Å². The van der Waals surface area contributed by atoms with Crippen molar-refractivity contribution in [1.82, 2.24) is 21.3 Å². The zero-order valence-corrected chi connectivity index (χ0v) is 52.8. The number of fused-ring (bicyclic) bond motifs is 1. The van der Waals surface area contributed by atoms with Crippen molar-refractivity contribution in [3.05, 3.63) is 42.0 Å². The summed E-state index contributed by atoms with van der Waals surface area (Å²) in [5, 5.41) is 151. The van der Waals surface area contributed by atoms with E-state index in [1.165, 1.54) is 25.0 Å². The highest BCUT2D eigenvalue weighted by Crippen LogP contribution is 2.37. The number of nitrogens with two attached hydrogens (primary N) is 1. The number of aliphatic hydroxyl groups is 13. The van der Waals surface area contributed by atoms with Crippen molar-refractivity contribution >= 4 is 23.6 Å². The Balaban J connectivity index is 1.13. The molecule has 0 bridgehead atoms. The second-order valence-electron chi connectivity index (χ2n) is 23.3. The minimum atomic E-state index is -1.97. The van der Waals surface area contributed by atoms with Gasteiger partial charge in [0.2, 0.25) is 17.7 Å². The van der Waals surface area contributed by atoms with Crippen molar-refractivity contribution in [2.45, 2.75) is 232 Å². The molecule has 35 nitrogen and oxygen atoms in total. The van der Waals surface area contributed by atoms with E-state index in [2.05, 4.69) is 40.3 Å². The molecule has 5 aliphatic rings. The number of ether oxygens (including phenoxy) is 13. The summed E-state index contributed by atoms with van der Waals surface area (Å²) in [6, 6.07) is 1.22. The van der Waals surface area contributed by atoms with E-state index in [0.717, 1.165) is 46.5 Å². The molecule has 5 saturated heterocycles. The smallest absolute Gasteiger partial charge is 0.251 e. The van der Waals surface area contributed by atoms with Crippen LogP contribution in [0.25, 0.3) is 0 Å². The van der Waals surface area contributed by atoms with Gasteiger partial charge in [0.1, 0.15) is 115 Å². The molecule has 5 fully saturated rings. The molecule has 538 valence electrons. The van der Waals surface area contributed by atoms with Gasteiger partial charge in [0.25, 0.3) is 5.91 Å². The lowest BCUT2D eigenvalue weighted by atomic mass is 9.94. The SMILES string of the molecule is CCCCCC/C=C\CCCOc1cccc(C(=O)NC2C(O)[C@H](O)C(CO)O[C@H]2O[C@@H]2C(CO)O[C@@H](O[C@@H](CO)C(CO)O[C@H](CNC(C)=O)O[C@@H]3C(CO)O[C@@H](O[C@@H](CO)C(CO[C@@H]4OC5O[C@H]5C(O)C4O)O[C@@H](O)CNC(C)=O)C(NC(C)=O)C3O)C(N)C2O)c1. The molecule has 35 heteroatoms. The number of aliphatic hydroxyl groups excluding tert-OH is 13. The average molecular weight is 1360 g/mol. The number of benzene rings is 1. The highest BCUT2D eigenvalue weighted by molar-refractivity contribution is 5.94. The quantitative estimate of drug-likeness (QED) is 0.0126. The summed E-state index contributed by atoms with van der Waals surface area (Å²) in [4.78, 5) is 50.5. The Bertz CT molecular complexity index is 2460. The monoisotopic (exact) mass is 1360 g/mol. The van der Waals surface area contributed by atoms with Gasteiger partial charge < -0.3 is 155 Å². The normalized spacial score (nSPS) is 33.7. The third kappa shape index (κ3) is 22.6. The van der Waals surface area contributed by atoms with Crippen molar-refractivity contribution in [2.24, 2.45) is 5.73 Å². The summed E-state index contributed by atoms with van der Waals surface area (Å²) in [6.45, 7) is -1.67. The van der Waals surface area contributed by atoms with Crippen molar-refractivity contribution in [1.29, 1.82) is 0 Å². The van der Waals surface area contributed by atoms with Gasteiger partial charge in [-0.1, -0.05) is 44.4 Å². The average Bonchev–Trinajstić information content (AvgIpc) is 1.42. The molecule has 26 atom stereocenters. The van der Waals surface area contributed by atoms with Crippen LogP contribution in [0.2, 0.25) is 0 Å². The Morgan fingerprint density at radius 2 is 1.21 bits per heavy atom. The van der Waals surface area contributed by atoms with Crippen LogP contribution in [0.4, 0.5) is 0 Å². The fraction of sp³-hybridized carbons (Fsp3) is 0.797. The topological polar surface area (TPSA) is 529 Å². The van der Waals surface area contributed by atoms with Gasteiger partial charge in [0.15, 0.2) is 44.0 Å². The molecule has 6 rings (SSSR count). The van der Waals surface area contributed by atoms with E-state index >= 15 is 0 Å². The van der Waals surface area contributed by atoms with Crippen molar-refractivity contribution in [2.75, 3.05) is 65.9 Å². The number of rotatable bonds is 40. The van der Waals surface area contributed by atoms with Crippen LogP contribution >= 0.6 is 0 Å². The molecule has 0 aliphatic carbocycles. The third-order valence-corrected chi connectivity index (χ3v) is 16.0. The summed E-state index contributed by atoms with van der Waals surface area (Å²) >= 11 is 0. The second kappa shape index (κ2) is 39.3. The number of allylic oxidation sites excluding steroid dienone is 2. The lowest BCUT2D eigenvalue weighted by molar-refractivity contribution is -0.344. The molecule has 5 heterocycles. The second-order valence-corrected chi connectivity index (χ2v) is 23.3. The van der Waals surface area contributed by atoms with Crippen LogP contribution in [0.1, 0.15) is 83.0 Å². The number of carbonyl (C=O) groups is 4. The number of carbonyl (C=O) groups excluding carboxylic acids is 4. The highest BCUT2D eigenvalue weighted by Gasteiger charge is 2.57. The van der Waals surface area contributed by atoms with Crippen LogP contribution in [-0.2, 0) is 71.2 Å². The van der Waals surface area contributed by atoms with E-state index in [1.54, 1.807) is 12.1 Å². The van der Waals surface area contributed by atoms with Crippen molar-refractivity contribution < 1.29 is 147 Å². The van der Waals surface area contributed by atoms with Crippen LogP contribution in [0.3, 0.4) is 0 Å². The molecule has 5 aliphatic heterocycles. The molecule has 0 saturated carbocycles. The van der Waals surface area contributed by atoms with E-state index in [4.69, 9.17) is 67.3 Å². The maximum Gasteiger partial charge on any atom is 0.251 e. The molecular weight excluding hydrogens is 1260 g/mol. The summed E-state index contributed by atoms with van der Waals surface area (Å²) in [5.74, 6) is -2.40. The molecule has 0 aromatic heterocycles. The van der Waals surface area contributed by atoms with E-state index in [9.17, 15) is 85.6 Å². The van der Waals surface area contributed by atoms with E-state index in [0.29, 0.717) is 18.8 Å². The number of hydrogen-bond acceptors (Lipinski definition) is 31. The highest BCUT2D eigenvalue weighted by atomic mass is 16.8. The maximum absolute atomic E-state index is 13.8. The molecule has 0 radical (unpaired) electrons. The zero-order valence-electron chi connectivity index (χ0n) is 52.8. The Labute approximate surface area is 542 Å². The molecule has 0 spiro atoms. The Morgan fingerprint density at radius 1 is 0.596 bits per heavy atom. The fourth-order valence-electron chi connectivity index (χ4n) is 10.8. The zero-order chi connectivity index (χ0) is 68.8. The van der Waals surface area contributed by atoms with E-state index in [1.807, 2.05) is 0 Å². The fourth-order valence-corrected chi connectivity index (χ4v) is 10.8. The number of amides is 4. The van der Waals surface area contributed by atoms with E-state index < -0.39 is 243 Å². The molecule has 19 N–H and O–H groups in total. The lowest BCUT2D eigenvalue weighted by Crippen LogP contribution is -2.69. The number of hydrogen-bond donors (Lipinski definition) is 18. The first kappa shape index (κ1) is 78.6. The van der Waals surface area contributed by atoms with Crippen LogP contribution < -0.4 is 31.7 Å². The minimum Gasteiger partial charge on any atom is -0.494 e. The lowest BCUT2D eigenvalue weighted by Gasteiger charge is -2.48. The first-order valence-electron chi connectivity index (χ1n) is 31.4. The van der Waals surface area contributed by atoms with Crippen LogP contribution in [0.5, 0.6) is 5.75 Å². The van der Waals surface area contributed by atoms with Crippen LogP contribution in [-0.4, -0.2) is 316 Å². The van der Waals surface area contributed by atoms with Gasteiger partial charge >= 0.3 is 0 Å². The first-order valence-corrected chi connectivity index (χ1v) is 31.4. The van der Waals surface area contributed by atoms with Gasteiger partial charge in [0.05, 0.1) is 72.0 Å². The first-order chi connectivity index (χ1) is 45.0. The predicted octanol–water partition coefficient (Wildman–Crippen LogP) is -7.08. The largest absolute Gasteiger partial charge is 0.494 e.